The van der Waals surface area contributed by atoms with Crippen molar-refractivity contribution < 1.29 is 9.59 Å². The Kier molecular flexibility index (Phi) is 10.4. The first-order valence-corrected chi connectivity index (χ1v) is 8.18. The Bertz CT molecular complexity index is 342. The van der Waals surface area contributed by atoms with E-state index >= 15 is 0 Å². The van der Waals surface area contributed by atoms with Gasteiger partial charge in [0.2, 0.25) is 11.8 Å². The quantitative estimate of drug-likeness (QED) is 0.633. The number of halogens is 1. The third-order valence-electron chi connectivity index (χ3n) is 3.87. The molecular weight excluding hydrogens is 302 g/mol. The second-order valence-electron chi connectivity index (χ2n) is 6.83. The molecule has 1 aliphatic heterocycles. The highest BCUT2D eigenvalue weighted by atomic mass is 35.5. The maximum Gasteiger partial charge on any atom is 0.242 e. The Morgan fingerprint density at radius 2 is 1.91 bits per heavy atom. The molecule has 6 heteroatoms. The molecule has 130 valence electrons. The summed E-state index contributed by atoms with van der Waals surface area (Å²) in [7, 11) is 0. The molecule has 2 amide bonds. The van der Waals surface area contributed by atoms with Crippen molar-refractivity contribution in [3.05, 3.63) is 0 Å². The van der Waals surface area contributed by atoms with Crippen LogP contribution in [0.1, 0.15) is 47.0 Å². The van der Waals surface area contributed by atoms with E-state index in [9.17, 15) is 9.59 Å². The number of amides is 2. The van der Waals surface area contributed by atoms with Crippen molar-refractivity contribution in [1.29, 1.82) is 0 Å². The van der Waals surface area contributed by atoms with Crippen LogP contribution in [0.25, 0.3) is 0 Å². The van der Waals surface area contributed by atoms with Crippen LogP contribution in [-0.2, 0) is 9.59 Å². The molecule has 0 saturated carbocycles. The van der Waals surface area contributed by atoms with Crippen LogP contribution in [0.4, 0.5) is 0 Å². The lowest BCUT2D eigenvalue weighted by atomic mass is 10.0. The summed E-state index contributed by atoms with van der Waals surface area (Å²) in [4.78, 5) is 24.1. The van der Waals surface area contributed by atoms with E-state index in [1.807, 2.05) is 27.7 Å². The van der Waals surface area contributed by atoms with Crippen LogP contribution in [0.3, 0.4) is 0 Å². The maximum atomic E-state index is 12.2. The van der Waals surface area contributed by atoms with Crippen molar-refractivity contribution in [2.24, 2.45) is 17.8 Å². The first kappa shape index (κ1) is 21.2. The van der Waals surface area contributed by atoms with Gasteiger partial charge in [-0.25, -0.2) is 0 Å². The second kappa shape index (κ2) is 10.8. The Morgan fingerprint density at radius 1 is 1.23 bits per heavy atom. The minimum Gasteiger partial charge on any atom is -0.354 e. The summed E-state index contributed by atoms with van der Waals surface area (Å²) in [6.45, 7) is 10.7. The van der Waals surface area contributed by atoms with Crippen LogP contribution in [0.15, 0.2) is 0 Å². The fourth-order valence-corrected chi connectivity index (χ4v) is 2.61. The van der Waals surface area contributed by atoms with Gasteiger partial charge in [0.25, 0.3) is 0 Å². The van der Waals surface area contributed by atoms with Crippen molar-refractivity contribution in [2.45, 2.75) is 53.0 Å². The SMILES string of the molecule is CC(C)CC(=O)NC(C(=O)NCCC1CCNC1)C(C)C.Cl. The van der Waals surface area contributed by atoms with Crippen LogP contribution < -0.4 is 16.0 Å². The van der Waals surface area contributed by atoms with Crippen LogP contribution in [0.2, 0.25) is 0 Å². The van der Waals surface area contributed by atoms with Gasteiger partial charge in [0.15, 0.2) is 0 Å². The number of hydrogen-bond donors (Lipinski definition) is 3. The molecule has 2 unspecified atom stereocenters. The van der Waals surface area contributed by atoms with Crippen LogP contribution in [0.5, 0.6) is 0 Å². The summed E-state index contributed by atoms with van der Waals surface area (Å²) in [6.07, 6.45) is 2.66. The van der Waals surface area contributed by atoms with Gasteiger partial charge in [0.1, 0.15) is 6.04 Å². The molecule has 3 N–H and O–H groups in total. The third kappa shape index (κ3) is 7.99. The lowest BCUT2D eigenvalue weighted by Crippen LogP contribution is -2.50. The molecular formula is C16H32ClN3O2. The van der Waals surface area contributed by atoms with Gasteiger partial charge in [-0.15, -0.1) is 12.4 Å². The van der Waals surface area contributed by atoms with E-state index < -0.39 is 6.04 Å². The molecule has 2 atom stereocenters. The van der Waals surface area contributed by atoms with E-state index in [0.717, 1.165) is 19.5 Å². The molecule has 0 aliphatic carbocycles. The van der Waals surface area contributed by atoms with Crippen molar-refractivity contribution in [1.82, 2.24) is 16.0 Å². The zero-order valence-corrected chi connectivity index (χ0v) is 15.1. The average molecular weight is 334 g/mol. The summed E-state index contributed by atoms with van der Waals surface area (Å²) in [5.74, 6) is 0.954. The highest BCUT2D eigenvalue weighted by Crippen LogP contribution is 2.11. The predicted molar refractivity (Wildman–Crippen MR) is 92.1 cm³/mol. The van der Waals surface area contributed by atoms with E-state index in [1.54, 1.807) is 0 Å². The fourth-order valence-electron chi connectivity index (χ4n) is 2.61. The Balaban J connectivity index is 0.00000441. The standard InChI is InChI=1S/C16H31N3O2.ClH/c1-11(2)9-14(20)19-15(12(3)4)16(21)18-8-6-13-5-7-17-10-13;/h11-13,15,17H,5-10H2,1-4H3,(H,18,21)(H,19,20);1H. The summed E-state index contributed by atoms with van der Waals surface area (Å²) in [5.41, 5.74) is 0. The Labute approximate surface area is 140 Å². The van der Waals surface area contributed by atoms with Crippen molar-refractivity contribution in [3.8, 4) is 0 Å². The van der Waals surface area contributed by atoms with E-state index in [1.165, 1.54) is 6.42 Å². The zero-order chi connectivity index (χ0) is 15.8. The van der Waals surface area contributed by atoms with Gasteiger partial charge in [-0.1, -0.05) is 27.7 Å². The molecule has 1 rings (SSSR count). The second-order valence-corrected chi connectivity index (χ2v) is 6.83. The number of hydrogen-bond acceptors (Lipinski definition) is 3. The smallest absolute Gasteiger partial charge is 0.242 e. The summed E-state index contributed by atoms with van der Waals surface area (Å²) in [5, 5.41) is 9.16. The van der Waals surface area contributed by atoms with Gasteiger partial charge in [-0.3, -0.25) is 9.59 Å². The Morgan fingerprint density at radius 3 is 2.41 bits per heavy atom. The topological polar surface area (TPSA) is 70.2 Å². The highest BCUT2D eigenvalue weighted by molar-refractivity contribution is 5.87. The largest absolute Gasteiger partial charge is 0.354 e. The van der Waals surface area contributed by atoms with E-state index in [-0.39, 0.29) is 30.1 Å². The summed E-state index contributed by atoms with van der Waals surface area (Å²) < 4.78 is 0. The summed E-state index contributed by atoms with van der Waals surface area (Å²) >= 11 is 0. The van der Waals surface area contributed by atoms with Gasteiger partial charge in [-0.05, 0) is 43.7 Å². The van der Waals surface area contributed by atoms with E-state index in [4.69, 9.17) is 0 Å². The normalized spacial score (nSPS) is 18.9. The number of rotatable bonds is 8. The van der Waals surface area contributed by atoms with Gasteiger partial charge >= 0.3 is 0 Å². The maximum absolute atomic E-state index is 12.2. The zero-order valence-electron chi connectivity index (χ0n) is 14.3. The van der Waals surface area contributed by atoms with Crippen molar-refractivity contribution in [2.75, 3.05) is 19.6 Å². The average Bonchev–Trinajstić information content (AvgIpc) is 2.87. The van der Waals surface area contributed by atoms with Crippen molar-refractivity contribution in [3.63, 3.8) is 0 Å². The van der Waals surface area contributed by atoms with Gasteiger partial charge in [-0.2, -0.15) is 0 Å². The predicted octanol–water partition coefficient (Wildman–Crippen LogP) is 1.71. The number of carbonyl (C=O) groups excluding carboxylic acids is 2. The molecule has 1 fully saturated rings. The lowest BCUT2D eigenvalue weighted by molar-refractivity contribution is -0.130. The minimum absolute atomic E-state index is 0. The first-order chi connectivity index (χ1) is 9.90. The van der Waals surface area contributed by atoms with Gasteiger partial charge < -0.3 is 16.0 Å². The fraction of sp³-hybridized carbons (Fsp3) is 0.875. The third-order valence-corrected chi connectivity index (χ3v) is 3.87. The monoisotopic (exact) mass is 333 g/mol. The molecule has 1 aliphatic rings. The molecule has 0 aromatic carbocycles. The first-order valence-electron chi connectivity index (χ1n) is 8.18. The molecule has 22 heavy (non-hydrogen) atoms. The van der Waals surface area contributed by atoms with E-state index in [2.05, 4.69) is 16.0 Å². The molecule has 0 aromatic rings. The number of carbonyl (C=O) groups is 2. The number of nitrogens with one attached hydrogen (secondary N) is 3. The Hall–Kier alpha value is -0.810. The van der Waals surface area contributed by atoms with Crippen LogP contribution >= 0.6 is 12.4 Å². The minimum atomic E-state index is -0.432. The lowest BCUT2D eigenvalue weighted by Gasteiger charge is -2.22. The molecule has 0 spiro atoms. The molecule has 0 radical (unpaired) electrons. The molecule has 0 bridgehead atoms. The molecule has 1 saturated heterocycles. The molecule has 5 nitrogen and oxygen atoms in total. The van der Waals surface area contributed by atoms with E-state index in [0.29, 0.717) is 24.8 Å². The van der Waals surface area contributed by atoms with Crippen LogP contribution in [0, 0.1) is 17.8 Å². The van der Waals surface area contributed by atoms with Gasteiger partial charge in [0, 0.05) is 13.0 Å². The molecule has 1 heterocycles. The highest BCUT2D eigenvalue weighted by Gasteiger charge is 2.24. The van der Waals surface area contributed by atoms with Gasteiger partial charge in [0.05, 0.1) is 0 Å². The summed E-state index contributed by atoms with van der Waals surface area (Å²) in [6, 6.07) is -0.432. The molecule has 0 aromatic heterocycles. The van der Waals surface area contributed by atoms with Crippen molar-refractivity contribution >= 4 is 24.2 Å². The van der Waals surface area contributed by atoms with Crippen LogP contribution in [-0.4, -0.2) is 37.5 Å².